The zero-order valence-corrected chi connectivity index (χ0v) is 34.4. The Kier molecular flexibility index (Phi) is 12.3. The van der Waals surface area contributed by atoms with Crippen LogP contribution >= 0.6 is 0 Å². The van der Waals surface area contributed by atoms with E-state index in [1.807, 2.05) is 17.7 Å². The third-order valence-electron chi connectivity index (χ3n) is 12.9. The summed E-state index contributed by atoms with van der Waals surface area (Å²) in [7, 11) is 0. The van der Waals surface area contributed by atoms with Gasteiger partial charge in [-0.05, 0) is 74.2 Å². The standard InChI is InChI=1S/C45H60F2N8O3/c1-3-5-6-7-8-9-10-11-18-48-43(57)38-24-33-28-53(19-13-21-55(33)51-38)42-36-16-22-52(40-25-34(56)23-31-14-15-37(47)35(4-2)41(31)40)29-39(36)49-44(50-42)58-30-45-17-12-20-54(45)27-32(46)26-45/h14-15,23-25,32,56H,3-13,16-22,26-30H2,1-2H3,(H,48,57)/t32-,45+/m1/s1. The highest BCUT2D eigenvalue weighted by Crippen LogP contribution is 2.42. The molecule has 2 saturated heterocycles. The van der Waals surface area contributed by atoms with Crippen LogP contribution in [0.5, 0.6) is 11.8 Å². The average Bonchev–Trinajstić information content (AvgIpc) is 3.85. The number of phenolic OH excluding ortho intramolecular Hbond substituents is 1. The van der Waals surface area contributed by atoms with Gasteiger partial charge >= 0.3 is 6.01 Å². The van der Waals surface area contributed by atoms with E-state index in [4.69, 9.17) is 19.8 Å². The fraction of sp³-hybridized carbons (Fsp3) is 0.600. The van der Waals surface area contributed by atoms with Gasteiger partial charge in [0, 0.05) is 61.8 Å². The summed E-state index contributed by atoms with van der Waals surface area (Å²) in [5.74, 6) is 0.525. The summed E-state index contributed by atoms with van der Waals surface area (Å²) in [6.45, 7) is 9.42. The van der Waals surface area contributed by atoms with E-state index in [9.17, 15) is 14.3 Å². The van der Waals surface area contributed by atoms with E-state index in [0.29, 0.717) is 76.4 Å². The van der Waals surface area contributed by atoms with Crippen molar-refractivity contribution in [1.29, 1.82) is 0 Å². The third kappa shape index (κ3) is 8.47. The lowest BCUT2D eigenvalue weighted by Crippen LogP contribution is -2.43. The number of hydrogen-bond acceptors (Lipinski definition) is 9. The van der Waals surface area contributed by atoms with Gasteiger partial charge in [-0.1, -0.05) is 64.9 Å². The zero-order chi connectivity index (χ0) is 40.2. The number of phenols is 1. The molecule has 4 aromatic rings. The molecule has 2 N–H and O–H groups in total. The normalized spacial score (nSPS) is 20.6. The number of fused-ring (bicyclic) bond motifs is 4. The summed E-state index contributed by atoms with van der Waals surface area (Å²) in [6, 6.07) is 8.79. The molecule has 4 aliphatic heterocycles. The van der Waals surface area contributed by atoms with Gasteiger partial charge in [0.05, 0.1) is 30.0 Å². The Bertz CT molecular complexity index is 2090. The van der Waals surface area contributed by atoms with Gasteiger partial charge in [-0.2, -0.15) is 15.1 Å². The number of anilines is 2. The second kappa shape index (κ2) is 17.8. The van der Waals surface area contributed by atoms with E-state index < -0.39 is 6.17 Å². The number of amides is 1. The number of unbranched alkanes of at least 4 members (excludes halogenated alkanes) is 7. The quantitative estimate of drug-likeness (QED) is 0.109. The van der Waals surface area contributed by atoms with Crippen molar-refractivity contribution < 1.29 is 23.4 Å². The summed E-state index contributed by atoms with van der Waals surface area (Å²) >= 11 is 0. The van der Waals surface area contributed by atoms with Crippen molar-refractivity contribution in [2.45, 2.75) is 135 Å². The molecule has 2 atom stereocenters. The molecule has 4 aliphatic rings. The molecular weight excluding hydrogens is 739 g/mol. The Morgan fingerprint density at radius 2 is 1.79 bits per heavy atom. The van der Waals surface area contributed by atoms with Crippen LogP contribution in [-0.4, -0.2) is 86.7 Å². The fourth-order valence-electron chi connectivity index (χ4n) is 9.94. The number of rotatable bonds is 16. The van der Waals surface area contributed by atoms with Crippen molar-refractivity contribution in [2.24, 2.45) is 0 Å². The maximum absolute atomic E-state index is 15.2. The number of nitrogens with zero attached hydrogens (tertiary/aromatic N) is 7. The summed E-state index contributed by atoms with van der Waals surface area (Å²) < 4.78 is 38.4. The van der Waals surface area contributed by atoms with Crippen LogP contribution in [0.4, 0.5) is 20.3 Å². The van der Waals surface area contributed by atoms with E-state index >= 15 is 4.39 Å². The van der Waals surface area contributed by atoms with Crippen LogP contribution in [0.3, 0.4) is 0 Å². The summed E-state index contributed by atoms with van der Waals surface area (Å²) in [5, 5.41) is 20.2. The highest BCUT2D eigenvalue weighted by Gasteiger charge is 2.49. The minimum Gasteiger partial charge on any atom is -0.508 e. The first-order valence-electron chi connectivity index (χ1n) is 22.0. The highest BCUT2D eigenvalue weighted by molar-refractivity contribution is 5.98. The van der Waals surface area contributed by atoms with Gasteiger partial charge in [0.1, 0.15) is 30.2 Å². The van der Waals surface area contributed by atoms with Crippen LogP contribution in [0.2, 0.25) is 0 Å². The molecular formula is C45H60F2N8O3. The minimum atomic E-state index is -0.869. The number of aromatic nitrogens is 4. The van der Waals surface area contributed by atoms with E-state index in [1.165, 1.54) is 44.6 Å². The third-order valence-corrected chi connectivity index (χ3v) is 12.9. The number of aromatic hydroxyl groups is 1. The van der Waals surface area contributed by atoms with Gasteiger partial charge in [-0.15, -0.1) is 0 Å². The second-order valence-corrected chi connectivity index (χ2v) is 17.0. The molecule has 0 aliphatic carbocycles. The predicted octanol–water partition coefficient (Wildman–Crippen LogP) is 8.03. The van der Waals surface area contributed by atoms with Crippen molar-refractivity contribution in [2.75, 3.05) is 49.1 Å². The molecule has 312 valence electrons. The first kappa shape index (κ1) is 40.3. The Morgan fingerprint density at radius 3 is 2.62 bits per heavy atom. The minimum absolute atomic E-state index is 0.125. The molecule has 2 aromatic carbocycles. The number of halogens is 2. The molecule has 2 fully saturated rings. The average molecular weight is 799 g/mol. The Hall–Kier alpha value is -4.52. The number of alkyl halides is 1. The van der Waals surface area contributed by atoms with Crippen LogP contribution in [-0.2, 0) is 32.5 Å². The number of aryl methyl sites for hydroxylation is 2. The first-order chi connectivity index (χ1) is 28.2. The molecule has 8 rings (SSSR count). The highest BCUT2D eigenvalue weighted by atomic mass is 19.1. The van der Waals surface area contributed by atoms with E-state index in [-0.39, 0.29) is 29.0 Å². The van der Waals surface area contributed by atoms with Gasteiger partial charge < -0.3 is 25.0 Å². The molecule has 58 heavy (non-hydrogen) atoms. The summed E-state index contributed by atoms with van der Waals surface area (Å²) in [5.41, 5.74) is 4.26. The predicted molar refractivity (Wildman–Crippen MR) is 223 cm³/mol. The SMILES string of the molecule is CCCCCCCCCCNC(=O)c1cc2n(n1)CCCN(c1nc(OC[C@@]34CCCN3C[C@H](F)C4)nc3c1CCN(c1cc(O)cc4ccc(F)c(CC)c14)C3)C2. The first-order valence-corrected chi connectivity index (χ1v) is 22.0. The molecule has 0 unspecified atom stereocenters. The number of nitrogens with one attached hydrogen (secondary N) is 1. The molecule has 1 amide bonds. The molecule has 6 heterocycles. The lowest BCUT2D eigenvalue weighted by molar-refractivity contribution is 0.0947. The lowest BCUT2D eigenvalue weighted by atomic mass is 9.95. The molecule has 13 heteroatoms. The van der Waals surface area contributed by atoms with Crippen LogP contribution in [0.15, 0.2) is 30.3 Å². The monoisotopic (exact) mass is 798 g/mol. The number of ether oxygens (including phenoxy) is 1. The Morgan fingerprint density at radius 1 is 0.966 bits per heavy atom. The second-order valence-electron chi connectivity index (χ2n) is 17.0. The number of benzene rings is 2. The van der Waals surface area contributed by atoms with Crippen molar-refractivity contribution in [3.63, 3.8) is 0 Å². The maximum Gasteiger partial charge on any atom is 0.318 e. The molecule has 0 bridgehead atoms. The van der Waals surface area contributed by atoms with Gasteiger partial charge in [0.15, 0.2) is 5.69 Å². The van der Waals surface area contributed by atoms with Crippen LogP contribution < -0.4 is 19.9 Å². The Balaban J connectivity index is 1.04. The molecule has 2 aromatic heterocycles. The van der Waals surface area contributed by atoms with Crippen molar-refractivity contribution in [3.05, 3.63) is 64.4 Å². The molecule has 11 nitrogen and oxygen atoms in total. The van der Waals surface area contributed by atoms with Crippen LogP contribution in [0, 0.1) is 5.82 Å². The van der Waals surface area contributed by atoms with Gasteiger partial charge in [-0.3, -0.25) is 14.4 Å². The summed E-state index contributed by atoms with van der Waals surface area (Å²) in [4.78, 5) is 30.0. The zero-order valence-electron chi connectivity index (χ0n) is 34.4. The van der Waals surface area contributed by atoms with Crippen LogP contribution in [0.25, 0.3) is 10.8 Å². The van der Waals surface area contributed by atoms with Gasteiger partial charge in [-0.25, -0.2) is 8.78 Å². The molecule has 0 radical (unpaired) electrons. The van der Waals surface area contributed by atoms with Crippen molar-refractivity contribution >= 4 is 28.2 Å². The lowest BCUT2D eigenvalue weighted by Gasteiger charge is -2.35. The van der Waals surface area contributed by atoms with Crippen molar-refractivity contribution in [3.8, 4) is 11.8 Å². The topological polar surface area (TPSA) is 112 Å². The van der Waals surface area contributed by atoms with Gasteiger partial charge in [0.25, 0.3) is 5.91 Å². The molecule has 0 saturated carbocycles. The Labute approximate surface area is 341 Å². The van der Waals surface area contributed by atoms with E-state index in [0.717, 1.165) is 84.4 Å². The number of carbonyl (C=O) groups excluding carboxylic acids is 1. The fourth-order valence-corrected chi connectivity index (χ4v) is 9.94. The number of hydrogen-bond donors (Lipinski definition) is 2. The largest absolute Gasteiger partial charge is 0.508 e. The van der Waals surface area contributed by atoms with E-state index in [2.05, 4.69) is 26.9 Å². The van der Waals surface area contributed by atoms with Crippen LogP contribution in [0.1, 0.15) is 124 Å². The van der Waals surface area contributed by atoms with Crippen molar-refractivity contribution in [1.82, 2.24) is 30.0 Å². The maximum atomic E-state index is 15.2. The van der Waals surface area contributed by atoms with E-state index in [1.54, 1.807) is 18.2 Å². The molecule has 0 spiro atoms. The van der Waals surface area contributed by atoms with Gasteiger partial charge in [0.2, 0.25) is 0 Å². The smallest absolute Gasteiger partial charge is 0.318 e. The number of carbonyl (C=O) groups is 1. The summed E-state index contributed by atoms with van der Waals surface area (Å²) in [6.07, 6.45) is 13.1.